The zero-order chi connectivity index (χ0) is 24.9. The molecule has 3 N–H and O–H groups in total. The molecule has 2 fully saturated rings. The number of Topliss-reactive ketones (excluding diaryl/α,β-unsaturated/α-hetero) is 1. The number of benzene rings is 2. The Kier molecular flexibility index (Phi) is 7.48. The molecule has 0 bridgehead atoms. The first kappa shape index (κ1) is 24.4. The molecule has 2 aromatic carbocycles. The Labute approximate surface area is 203 Å². The monoisotopic (exact) mass is 479 g/mol. The van der Waals surface area contributed by atoms with Gasteiger partial charge in [0.1, 0.15) is 11.5 Å². The zero-order valence-corrected chi connectivity index (χ0v) is 19.6. The zero-order valence-electron chi connectivity index (χ0n) is 19.6. The molecule has 1 unspecified atom stereocenters. The third-order valence-electron chi connectivity index (χ3n) is 6.20. The van der Waals surface area contributed by atoms with Crippen LogP contribution in [0.3, 0.4) is 0 Å². The summed E-state index contributed by atoms with van der Waals surface area (Å²) in [6.07, 6.45) is 0. The predicted octanol–water partition coefficient (Wildman–Crippen LogP) is 1.61. The van der Waals surface area contributed by atoms with E-state index in [0.29, 0.717) is 43.2 Å². The van der Waals surface area contributed by atoms with Crippen LogP contribution in [0.4, 0.5) is 0 Å². The fourth-order valence-electron chi connectivity index (χ4n) is 4.30. The standard InChI is InChI=1S/C26H29N3O6/c1-17-2-4-19(5-3-17)24(31)22-23(18-6-8-20(9-7-18)35-16-21(27)30)29(26(33)25(22)32)11-10-28-12-14-34-15-13-28/h2-9,23,31H,10-16H2,1H3,(H2,27,30)/b24-22+. The normalized spacial score (nSPS) is 20.3. The molecular formula is C26H29N3O6. The Morgan fingerprint density at radius 2 is 1.71 bits per heavy atom. The van der Waals surface area contributed by atoms with Crippen molar-refractivity contribution in [1.82, 2.24) is 9.80 Å². The van der Waals surface area contributed by atoms with E-state index >= 15 is 0 Å². The molecule has 2 heterocycles. The third kappa shape index (κ3) is 5.52. The van der Waals surface area contributed by atoms with Crippen molar-refractivity contribution < 1.29 is 29.0 Å². The Hall–Kier alpha value is -3.69. The average molecular weight is 480 g/mol. The van der Waals surface area contributed by atoms with E-state index in [1.807, 2.05) is 19.1 Å². The number of aliphatic hydroxyl groups excluding tert-OH is 1. The van der Waals surface area contributed by atoms with E-state index in [2.05, 4.69) is 4.90 Å². The van der Waals surface area contributed by atoms with E-state index in [-0.39, 0.29) is 17.9 Å². The van der Waals surface area contributed by atoms with Crippen LogP contribution in [0.5, 0.6) is 5.75 Å². The molecule has 9 heteroatoms. The van der Waals surface area contributed by atoms with Gasteiger partial charge in [0.15, 0.2) is 6.61 Å². The molecule has 9 nitrogen and oxygen atoms in total. The number of aryl methyl sites for hydroxylation is 1. The molecule has 1 atom stereocenters. The number of hydrogen-bond acceptors (Lipinski definition) is 7. The van der Waals surface area contributed by atoms with E-state index in [0.717, 1.165) is 18.7 Å². The fourth-order valence-corrected chi connectivity index (χ4v) is 4.30. The Morgan fingerprint density at radius 3 is 2.34 bits per heavy atom. The van der Waals surface area contributed by atoms with Gasteiger partial charge in [0.05, 0.1) is 24.8 Å². The van der Waals surface area contributed by atoms with Crippen LogP contribution in [-0.2, 0) is 19.1 Å². The molecule has 2 amide bonds. The van der Waals surface area contributed by atoms with Crippen LogP contribution in [0.2, 0.25) is 0 Å². The molecule has 2 aliphatic heterocycles. The number of nitrogens with two attached hydrogens (primary N) is 1. The maximum Gasteiger partial charge on any atom is 0.295 e. The summed E-state index contributed by atoms with van der Waals surface area (Å²) in [5.74, 6) is -1.74. The number of rotatable bonds is 8. The van der Waals surface area contributed by atoms with Gasteiger partial charge in [0, 0.05) is 31.7 Å². The van der Waals surface area contributed by atoms with Gasteiger partial charge in [-0.15, -0.1) is 0 Å². The molecular weight excluding hydrogens is 450 g/mol. The Morgan fingerprint density at radius 1 is 1.06 bits per heavy atom. The van der Waals surface area contributed by atoms with Crippen LogP contribution in [-0.4, -0.2) is 78.5 Å². The summed E-state index contributed by atoms with van der Waals surface area (Å²) in [6, 6.07) is 13.1. The van der Waals surface area contributed by atoms with Gasteiger partial charge in [0.25, 0.3) is 17.6 Å². The lowest BCUT2D eigenvalue weighted by Gasteiger charge is -2.31. The minimum Gasteiger partial charge on any atom is -0.507 e. The van der Waals surface area contributed by atoms with E-state index in [9.17, 15) is 19.5 Å². The van der Waals surface area contributed by atoms with Crippen molar-refractivity contribution >= 4 is 23.4 Å². The molecule has 35 heavy (non-hydrogen) atoms. The van der Waals surface area contributed by atoms with Crippen LogP contribution in [0.25, 0.3) is 5.76 Å². The first-order chi connectivity index (χ1) is 16.8. The highest BCUT2D eigenvalue weighted by Gasteiger charge is 2.46. The lowest BCUT2D eigenvalue weighted by Crippen LogP contribution is -2.42. The van der Waals surface area contributed by atoms with Gasteiger partial charge >= 0.3 is 0 Å². The van der Waals surface area contributed by atoms with Gasteiger partial charge < -0.3 is 25.2 Å². The summed E-state index contributed by atoms with van der Waals surface area (Å²) in [6.45, 7) is 5.33. The van der Waals surface area contributed by atoms with Crippen molar-refractivity contribution in [1.29, 1.82) is 0 Å². The van der Waals surface area contributed by atoms with Crippen molar-refractivity contribution in [3.8, 4) is 5.75 Å². The van der Waals surface area contributed by atoms with Crippen LogP contribution in [0.15, 0.2) is 54.1 Å². The summed E-state index contributed by atoms with van der Waals surface area (Å²) >= 11 is 0. The summed E-state index contributed by atoms with van der Waals surface area (Å²) < 4.78 is 10.7. The number of morpholine rings is 1. The molecule has 0 aromatic heterocycles. The van der Waals surface area contributed by atoms with E-state index in [1.165, 1.54) is 4.90 Å². The van der Waals surface area contributed by atoms with Gasteiger partial charge in [-0.25, -0.2) is 0 Å². The molecule has 0 saturated carbocycles. The number of carbonyl (C=O) groups is 3. The Bertz CT molecular complexity index is 1120. The first-order valence-electron chi connectivity index (χ1n) is 11.5. The molecule has 0 radical (unpaired) electrons. The van der Waals surface area contributed by atoms with E-state index in [1.54, 1.807) is 36.4 Å². The quantitative estimate of drug-likeness (QED) is 0.335. The molecule has 0 spiro atoms. The number of primary amides is 1. The van der Waals surface area contributed by atoms with Crippen LogP contribution in [0.1, 0.15) is 22.7 Å². The second-order valence-electron chi connectivity index (χ2n) is 8.64. The van der Waals surface area contributed by atoms with Crippen molar-refractivity contribution in [3.05, 3.63) is 70.8 Å². The van der Waals surface area contributed by atoms with E-state index in [4.69, 9.17) is 15.2 Å². The molecule has 0 aliphatic carbocycles. The molecule has 2 aliphatic rings. The summed E-state index contributed by atoms with van der Waals surface area (Å²) in [4.78, 5) is 41.0. The van der Waals surface area contributed by atoms with Crippen molar-refractivity contribution in [2.24, 2.45) is 5.73 Å². The maximum atomic E-state index is 13.2. The predicted molar refractivity (Wildman–Crippen MR) is 129 cm³/mol. The highest BCUT2D eigenvalue weighted by molar-refractivity contribution is 6.46. The second kappa shape index (κ2) is 10.7. The average Bonchev–Trinajstić information content (AvgIpc) is 3.12. The topological polar surface area (TPSA) is 122 Å². The molecule has 2 saturated heterocycles. The summed E-state index contributed by atoms with van der Waals surface area (Å²) in [5, 5.41) is 11.1. The number of amides is 2. The highest BCUT2D eigenvalue weighted by atomic mass is 16.5. The van der Waals surface area contributed by atoms with Gasteiger partial charge in [-0.3, -0.25) is 19.3 Å². The van der Waals surface area contributed by atoms with Gasteiger partial charge in [0.2, 0.25) is 0 Å². The Balaban J connectivity index is 1.69. The lowest BCUT2D eigenvalue weighted by molar-refractivity contribution is -0.140. The SMILES string of the molecule is Cc1ccc(/C(O)=C2\C(=O)C(=O)N(CCN3CCOCC3)C2c2ccc(OCC(N)=O)cc2)cc1. The number of ketones is 1. The van der Waals surface area contributed by atoms with Crippen LogP contribution < -0.4 is 10.5 Å². The fraction of sp³-hybridized carbons (Fsp3) is 0.346. The largest absolute Gasteiger partial charge is 0.507 e. The summed E-state index contributed by atoms with van der Waals surface area (Å²) in [7, 11) is 0. The number of aliphatic hydroxyl groups is 1. The first-order valence-corrected chi connectivity index (χ1v) is 11.5. The number of hydrogen-bond donors (Lipinski definition) is 2. The van der Waals surface area contributed by atoms with Crippen LogP contribution in [0, 0.1) is 6.92 Å². The van der Waals surface area contributed by atoms with Crippen molar-refractivity contribution in [2.45, 2.75) is 13.0 Å². The van der Waals surface area contributed by atoms with Gasteiger partial charge in [-0.1, -0.05) is 42.0 Å². The number of carbonyl (C=O) groups excluding carboxylic acids is 3. The number of likely N-dealkylation sites (tertiary alicyclic amines) is 1. The number of nitrogens with zero attached hydrogens (tertiary/aromatic N) is 2. The number of ether oxygens (including phenoxy) is 2. The van der Waals surface area contributed by atoms with Gasteiger partial charge in [-0.2, -0.15) is 0 Å². The van der Waals surface area contributed by atoms with E-state index < -0.39 is 23.6 Å². The molecule has 2 aromatic rings. The van der Waals surface area contributed by atoms with Crippen molar-refractivity contribution in [2.75, 3.05) is 46.0 Å². The minimum atomic E-state index is -0.762. The van der Waals surface area contributed by atoms with Crippen molar-refractivity contribution in [3.63, 3.8) is 0 Å². The van der Waals surface area contributed by atoms with Gasteiger partial charge in [-0.05, 0) is 24.6 Å². The highest BCUT2D eigenvalue weighted by Crippen LogP contribution is 2.39. The minimum absolute atomic E-state index is 0.0478. The second-order valence-corrected chi connectivity index (χ2v) is 8.64. The summed E-state index contributed by atoms with van der Waals surface area (Å²) in [5.41, 5.74) is 7.31. The van der Waals surface area contributed by atoms with Crippen LogP contribution >= 0.6 is 0 Å². The lowest BCUT2D eigenvalue weighted by atomic mass is 9.95. The molecule has 184 valence electrons. The third-order valence-corrected chi connectivity index (χ3v) is 6.20. The smallest absolute Gasteiger partial charge is 0.295 e. The molecule has 4 rings (SSSR count). The maximum absolute atomic E-state index is 13.2.